The third kappa shape index (κ3) is 2.65. The largest absolute Gasteiger partial charge is 0.369 e. The molecule has 1 aliphatic heterocycles. The van der Waals surface area contributed by atoms with Gasteiger partial charge in [0.05, 0.1) is 5.39 Å². The summed E-state index contributed by atoms with van der Waals surface area (Å²) in [6.07, 6.45) is 4.29. The minimum absolute atomic E-state index is 0.721. The summed E-state index contributed by atoms with van der Waals surface area (Å²) in [5.74, 6) is 1.73. The molecule has 0 spiro atoms. The maximum absolute atomic E-state index is 4.46. The highest BCUT2D eigenvalue weighted by Crippen LogP contribution is 2.32. The molecule has 0 saturated carbocycles. The highest BCUT2D eigenvalue weighted by molar-refractivity contribution is 7.18. The lowest BCUT2D eigenvalue weighted by molar-refractivity contribution is 0.217. The van der Waals surface area contributed by atoms with E-state index in [1.807, 2.05) is 0 Å². The van der Waals surface area contributed by atoms with Crippen molar-refractivity contribution in [3.8, 4) is 0 Å². The second kappa shape index (κ2) is 5.66. The lowest BCUT2D eigenvalue weighted by atomic mass is 9.98. The van der Waals surface area contributed by atoms with Crippen molar-refractivity contribution in [2.75, 3.05) is 32.0 Å². The highest BCUT2D eigenvalue weighted by Gasteiger charge is 2.18. The van der Waals surface area contributed by atoms with Gasteiger partial charge in [0.2, 0.25) is 0 Å². The van der Waals surface area contributed by atoms with Crippen molar-refractivity contribution >= 4 is 27.4 Å². The van der Waals surface area contributed by atoms with Crippen LogP contribution in [0.4, 0.5) is 5.82 Å². The van der Waals surface area contributed by atoms with E-state index in [0.29, 0.717) is 0 Å². The first kappa shape index (κ1) is 13.8. The van der Waals surface area contributed by atoms with Crippen LogP contribution in [0.15, 0.2) is 6.33 Å². The van der Waals surface area contributed by atoms with Gasteiger partial charge in [-0.25, -0.2) is 9.97 Å². The van der Waals surface area contributed by atoms with Crippen molar-refractivity contribution in [1.29, 1.82) is 0 Å². The van der Waals surface area contributed by atoms with Crippen LogP contribution in [-0.2, 0) is 0 Å². The minimum atomic E-state index is 0.721. The van der Waals surface area contributed by atoms with Crippen LogP contribution in [0.25, 0.3) is 10.2 Å². The minimum Gasteiger partial charge on any atom is -0.369 e. The number of thiophene rings is 1. The molecule has 108 valence electrons. The molecule has 1 atom stereocenters. The van der Waals surface area contributed by atoms with E-state index in [2.05, 4.69) is 41.1 Å². The second-order valence-corrected chi connectivity index (χ2v) is 7.04. The van der Waals surface area contributed by atoms with E-state index < -0.39 is 0 Å². The van der Waals surface area contributed by atoms with Gasteiger partial charge in [-0.1, -0.05) is 0 Å². The first-order chi connectivity index (χ1) is 9.65. The van der Waals surface area contributed by atoms with E-state index in [1.54, 1.807) is 17.7 Å². The van der Waals surface area contributed by atoms with Gasteiger partial charge in [0, 0.05) is 18.0 Å². The monoisotopic (exact) mass is 290 g/mol. The van der Waals surface area contributed by atoms with E-state index in [0.717, 1.165) is 23.1 Å². The maximum atomic E-state index is 4.46. The predicted octanol–water partition coefficient (Wildman–Crippen LogP) is 3.06. The van der Waals surface area contributed by atoms with Crippen molar-refractivity contribution in [3.05, 3.63) is 16.8 Å². The average Bonchev–Trinajstić information content (AvgIpc) is 2.73. The van der Waals surface area contributed by atoms with Gasteiger partial charge in [-0.15, -0.1) is 11.3 Å². The molecule has 1 fully saturated rings. The molecule has 0 bridgehead atoms. The number of hydrogen-bond acceptors (Lipinski definition) is 5. The Morgan fingerprint density at radius 1 is 1.40 bits per heavy atom. The van der Waals surface area contributed by atoms with Crippen LogP contribution in [0.2, 0.25) is 0 Å². The first-order valence-corrected chi connectivity index (χ1v) is 8.10. The standard InChI is InChI=1S/C15H22N4S/c1-10-11(2)20-15-13(10)14(17-9-18-15)16-7-12-5-4-6-19(3)8-12/h9,12H,4-8H2,1-3H3,(H,16,17,18). The zero-order valence-corrected chi connectivity index (χ0v) is 13.3. The molecule has 1 unspecified atom stereocenters. The van der Waals surface area contributed by atoms with Crippen molar-refractivity contribution in [1.82, 2.24) is 14.9 Å². The number of nitrogens with zero attached hydrogens (tertiary/aromatic N) is 3. The van der Waals surface area contributed by atoms with Crippen molar-refractivity contribution < 1.29 is 0 Å². The fourth-order valence-electron chi connectivity index (χ4n) is 3.00. The van der Waals surface area contributed by atoms with Gasteiger partial charge in [-0.3, -0.25) is 0 Å². The van der Waals surface area contributed by atoms with Gasteiger partial charge in [0.1, 0.15) is 17.0 Å². The van der Waals surface area contributed by atoms with Crippen LogP contribution in [0.5, 0.6) is 0 Å². The average molecular weight is 290 g/mol. The van der Waals surface area contributed by atoms with Gasteiger partial charge in [0.15, 0.2) is 0 Å². The third-order valence-corrected chi connectivity index (χ3v) is 5.36. The molecule has 0 radical (unpaired) electrons. The molecule has 1 N–H and O–H groups in total. The summed E-state index contributed by atoms with van der Waals surface area (Å²) < 4.78 is 0. The smallest absolute Gasteiger partial charge is 0.138 e. The lowest BCUT2D eigenvalue weighted by Gasteiger charge is -2.29. The van der Waals surface area contributed by atoms with Crippen LogP contribution >= 0.6 is 11.3 Å². The molecule has 3 heterocycles. The van der Waals surface area contributed by atoms with Gasteiger partial charge in [-0.2, -0.15) is 0 Å². The Hall–Kier alpha value is -1.20. The number of likely N-dealkylation sites (tertiary alicyclic amines) is 1. The maximum Gasteiger partial charge on any atom is 0.138 e. The predicted molar refractivity (Wildman–Crippen MR) is 85.6 cm³/mol. The van der Waals surface area contributed by atoms with Crippen LogP contribution in [-0.4, -0.2) is 41.5 Å². The summed E-state index contributed by atoms with van der Waals surface area (Å²) in [4.78, 5) is 13.7. The molecular formula is C15H22N4S. The van der Waals surface area contributed by atoms with E-state index in [9.17, 15) is 0 Å². The highest BCUT2D eigenvalue weighted by atomic mass is 32.1. The molecular weight excluding hydrogens is 268 g/mol. The number of nitrogens with one attached hydrogen (secondary N) is 1. The Morgan fingerprint density at radius 3 is 3.05 bits per heavy atom. The second-order valence-electron chi connectivity index (χ2n) is 5.84. The number of anilines is 1. The van der Waals surface area contributed by atoms with E-state index in [-0.39, 0.29) is 0 Å². The molecule has 5 heteroatoms. The normalized spacial score (nSPS) is 20.4. The molecule has 4 nitrogen and oxygen atoms in total. The van der Waals surface area contributed by atoms with Crippen molar-refractivity contribution in [2.45, 2.75) is 26.7 Å². The van der Waals surface area contributed by atoms with E-state index >= 15 is 0 Å². The summed E-state index contributed by atoms with van der Waals surface area (Å²) in [7, 11) is 2.21. The molecule has 2 aromatic rings. The van der Waals surface area contributed by atoms with Gasteiger partial charge in [0.25, 0.3) is 0 Å². The molecule has 0 amide bonds. The van der Waals surface area contributed by atoms with Crippen molar-refractivity contribution in [3.63, 3.8) is 0 Å². The van der Waals surface area contributed by atoms with Gasteiger partial charge < -0.3 is 10.2 Å². The zero-order chi connectivity index (χ0) is 14.1. The van der Waals surface area contributed by atoms with Crippen LogP contribution in [0, 0.1) is 19.8 Å². The van der Waals surface area contributed by atoms with Crippen molar-refractivity contribution in [2.24, 2.45) is 5.92 Å². The van der Waals surface area contributed by atoms with Gasteiger partial charge >= 0.3 is 0 Å². The molecule has 2 aromatic heterocycles. The Kier molecular flexibility index (Phi) is 3.89. The summed E-state index contributed by atoms with van der Waals surface area (Å²) in [6.45, 7) is 7.74. The Morgan fingerprint density at radius 2 is 2.25 bits per heavy atom. The Balaban J connectivity index is 1.77. The number of piperidine rings is 1. The lowest BCUT2D eigenvalue weighted by Crippen LogP contribution is -2.35. The Bertz CT molecular complexity index is 607. The molecule has 0 aromatic carbocycles. The van der Waals surface area contributed by atoms with Crippen LogP contribution < -0.4 is 5.32 Å². The van der Waals surface area contributed by atoms with E-state index in [4.69, 9.17) is 0 Å². The summed E-state index contributed by atoms with van der Waals surface area (Å²) >= 11 is 1.76. The fourth-order valence-corrected chi connectivity index (χ4v) is 3.99. The first-order valence-electron chi connectivity index (χ1n) is 7.28. The molecule has 1 saturated heterocycles. The SMILES string of the molecule is Cc1sc2ncnc(NCC3CCCN(C)C3)c2c1C. The Labute approximate surface area is 124 Å². The summed E-state index contributed by atoms with van der Waals surface area (Å²) in [5, 5.41) is 4.77. The summed E-state index contributed by atoms with van der Waals surface area (Å²) in [6, 6.07) is 0. The summed E-state index contributed by atoms with van der Waals surface area (Å²) in [5.41, 5.74) is 1.31. The number of aryl methyl sites for hydroxylation is 2. The van der Waals surface area contributed by atoms with E-state index in [1.165, 1.54) is 41.8 Å². The molecule has 1 aliphatic rings. The van der Waals surface area contributed by atoms with Crippen LogP contribution in [0.3, 0.4) is 0 Å². The number of hydrogen-bond donors (Lipinski definition) is 1. The molecule has 3 rings (SSSR count). The topological polar surface area (TPSA) is 41.1 Å². The third-order valence-electron chi connectivity index (χ3n) is 4.25. The molecule has 0 aliphatic carbocycles. The quantitative estimate of drug-likeness (QED) is 0.943. The molecule has 20 heavy (non-hydrogen) atoms. The number of rotatable bonds is 3. The van der Waals surface area contributed by atoms with Crippen LogP contribution in [0.1, 0.15) is 23.3 Å². The van der Waals surface area contributed by atoms with Gasteiger partial charge in [-0.05, 0) is 51.8 Å². The zero-order valence-electron chi connectivity index (χ0n) is 12.4. The fraction of sp³-hybridized carbons (Fsp3) is 0.600. The number of aromatic nitrogens is 2. The number of fused-ring (bicyclic) bond motifs is 1.